The SMILES string of the molecule is COc1ccc(Oc2nc(C(F)(F)F)nn2-c2ccc(S(C)(=O)=O)cc2)cc1. The summed E-state index contributed by atoms with van der Waals surface area (Å²) in [5.74, 6) is -0.625. The van der Waals surface area contributed by atoms with Gasteiger partial charge in [0.05, 0.1) is 17.7 Å². The minimum absolute atomic E-state index is 0.0185. The highest BCUT2D eigenvalue weighted by molar-refractivity contribution is 7.90. The number of nitrogens with zero attached hydrogens (tertiary/aromatic N) is 3. The standard InChI is InChI=1S/C17H14F3N3O4S/c1-26-12-5-7-13(8-6-12)27-16-21-15(17(18,19)20)22-23(16)11-3-9-14(10-4-11)28(2,24)25/h3-10H,1-2H3. The van der Waals surface area contributed by atoms with Crippen LogP contribution >= 0.6 is 0 Å². The second kappa shape index (κ2) is 7.15. The Morgan fingerprint density at radius 1 is 0.964 bits per heavy atom. The molecule has 0 unspecified atom stereocenters. The highest BCUT2D eigenvalue weighted by atomic mass is 32.2. The number of aromatic nitrogens is 3. The normalized spacial score (nSPS) is 12.0. The summed E-state index contributed by atoms with van der Waals surface area (Å²) < 4.78 is 73.6. The van der Waals surface area contributed by atoms with Crippen LogP contribution in [0.1, 0.15) is 5.82 Å². The molecule has 0 spiro atoms. The van der Waals surface area contributed by atoms with Gasteiger partial charge in [-0.15, -0.1) is 5.10 Å². The van der Waals surface area contributed by atoms with Gasteiger partial charge in [-0.05, 0) is 48.5 Å². The quantitative estimate of drug-likeness (QED) is 0.637. The average molecular weight is 413 g/mol. The molecule has 0 saturated heterocycles. The zero-order valence-corrected chi connectivity index (χ0v) is 15.5. The van der Waals surface area contributed by atoms with E-state index in [0.717, 1.165) is 10.9 Å². The number of rotatable bonds is 5. The number of benzene rings is 2. The van der Waals surface area contributed by atoms with Crippen LogP contribution in [-0.2, 0) is 16.0 Å². The van der Waals surface area contributed by atoms with Gasteiger partial charge in [-0.25, -0.2) is 8.42 Å². The summed E-state index contributed by atoms with van der Waals surface area (Å²) in [5, 5.41) is 3.45. The molecule has 11 heteroatoms. The fourth-order valence-electron chi connectivity index (χ4n) is 2.24. The van der Waals surface area contributed by atoms with E-state index in [-0.39, 0.29) is 16.3 Å². The zero-order valence-electron chi connectivity index (χ0n) is 14.6. The molecule has 0 atom stereocenters. The molecule has 0 aliphatic rings. The second-order valence-electron chi connectivity index (χ2n) is 5.67. The lowest BCUT2D eigenvalue weighted by Crippen LogP contribution is -2.08. The third kappa shape index (κ3) is 4.25. The van der Waals surface area contributed by atoms with E-state index in [1.807, 2.05) is 0 Å². The molecule has 1 heterocycles. The first-order valence-electron chi connectivity index (χ1n) is 7.74. The third-order valence-corrected chi connectivity index (χ3v) is 4.74. The average Bonchev–Trinajstić information content (AvgIpc) is 3.06. The molecule has 1 aromatic heterocycles. The molecule has 148 valence electrons. The first-order chi connectivity index (χ1) is 13.1. The van der Waals surface area contributed by atoms with Crippen LogP contribution in [0.2, 0.25) is 0 Å². The number of hydrogen-bond acceptors (Lipinski definition) is 6. The van der Waals surface area contributed by atoms with Crippen LogP contribution in [0.25, 0.3) is 5.69 Å². The molecule has 0 aliphatic heterocycles. The molecule has 0 bridgehead atoms. The van der Waals surface area contributed by atoms with E-state index in [1.165, 1.54) is 43.5 Å². The van der Waals surface area contributed by atoms with Gasteiger partial charge >= 0.3 is 12.2 Å². The molecule has 3 rings (SSSR count). The fraction of sp³-hybridized carbons (Fsp3) is 0.176. The summed E-state index contributed by atoms with van der Waals surface area (Å²) in [6, 6.07) is 10.9. The van der Waals surface area contributed by atoms with Gasteiger partial charge < -0.3 is 9.47 Å². The van der Waals surface area contributed by atoms with Crippen molar-refractivity contribution in [1.29, 1.82) is 0 Å². The van der Waals surface area contributed by atoms with Crippen molar-refractivity contribution < 1.29 is 31.1 Å². The Morgan fingerprint density at radius 2 is 1.54 bits per heavy atom. The molecule has 3 aromatic rings. The van der Waals surface area contributed by atoms with Gasteiger partial charge in [0.25, 0.3) is 5.82 Å². The van der Waals surface area contributed by atoms with Crippen LogP contribution < -0.4 is 9.47 Å². The number of methoxy groups -OCH3 is 1. The lowest BCUT2D eigenvalue weighted by Gasteiger charge is -2.08. The first kappa shape index (κ1) is 19.7. The van der Waals surface area contributed by atoms with Crippen molar-refractivity contribution in [2.45, 2.75) is 11.1 Å². The lowest BCUT2D eigenvalue weighted by molar-refractivity contribution is -0.144. The van der Waals surface area contributed by atoms with Crippen LogP contribution in [0, 0.1) is 0 Å². The van der Waals surface area contributed by atoms with Crippen molar-refractivity contribution in [3.8, 4) is 23.2 Å². The largest absolute Gasteiger partial charge is 0.497 e. The molecule has 28 heavy (non-hydrogen) atoms. The van der Waals surface area contributed by atoms with E-state index < -0.39 is 27.8 Å². The fourth-order valence-corrected chi connectivity index (χ4v) is 2.87. The number of ether oxygens (including phenoxy) is 2. The highest BCUT2D eigenvalue weighted by Gasteiger charge is 2.38. The van der Waals surface area contributed by atoms with E-state index in [4.69, 9.17) is 9.47 Å². The number of alkyl halides is 3. The predicted molar refractivity (Wildman–Crippen MR) is 92.5 cm³/mol. The van der Waals surface area contributed by atoms with Crippen molar-refractivity contribution in [3.05, 3.63) is 54.4 Å². The van der Waals surface area contributed by atoms with Crippen molar-refractivity contribution in [3.63, 3.8) is 0 Å². The first-order valence-corrected chi connectivity index (χ1v) is 9.64. The summed E-state index contributed by atoms with van der Waals surface area (Å²) in [6.07, 6.45) is -3.76. The van der Waals surface area contributed by atoms with Gasteiger partial charge in [-0.1, -0.05) is 0 Å². The topological polar surface area (TPSA) is 83.3 Å². The predicted octanol–water partition coefficient (Wildman–Crippen LogP) is 3.49. The van der Waals surface area contributed by atoms with Gasteiger partial charge in [0.2, 0.25) is 0 Å². The molecule has 2 aromatic carbocycles. The Kier molecular flexibility index (Phi) is 5.02. The van der Waals surface area contributed by atoms with Crippen LogP contribution in [-0.4, -0.2) is 36.5 Å². The maximum absolute atomic E-state index is 13.1. The lowest BCUT2D eigenvalue weighted by atomic mass is 10.3. The van der Waals surface area contributed by atoms with Gasteiger partial charge in [0, 0.05) is 6.26 Å². The Bertz CT molecular complexity index is 1080. The number of hydrogen-bond donors (Lipinski definition) is 0. The zero-order chi connectivity index (χ0) is 20.5. The van der Waals surface area contributed by atoms with Gasteiger partial charge in [-0.2, -0.15) is 22.8 Å². The van der Waals surface area contributed by atoms with Crippen LogP contribution in [0.15, 0.2) is 53.4 Å². The summed E-state index contributed by atoms with van der Waals surface area (Å²) in [4.78, 5) is 3.44. The monoisotopic (exact) mass is 413 g/mol. The number of sulfone groups is 1. The molecular weight excluding hydrogens is 399 g/mol. The summed E-state index contributed by atoms with van der Waals surface area (Å²) in [5.41, 5.74) is 0.152. The van der Waals surface area contributed by atoms with E-state index in [1.54, 1.807) is 12.1 Å². The Hall–Kier alpha value is -3.08. The van der Waals surface area contributed by atoms with E-state index in [2.05, 4.69) is 10.1 Å². The minimum atomic E-state index is -4.78. The van der Waals surface area contributed by atoms with Crippen LogP contribution in [0.3, 0.4) is 0 Å². The molecule has 0 N–H and O–H groups in total. The molecule has 7 nitrogen and oxygen atoms in total. The molecule has 0 saturated carbocycles. The van der Waals surface area contributed by atoms with Gasteiger partial charge in [0.15, 0.2) is 9.84 Å². The van der Waals surface area contributed by atoms with Crippen LogP contribution in [0.5, 0.6) is 17.5 Å². The summed E-state index contributed by atoms with van der Waals surface area (Å²) in [7, 11) is -1.98. The molecular formula is C17H14F3N3O4S. The van der Waals surface area contributed by atoms with E-state index in [9.17, 15) is 21.6 Å². The van der Waals surface area contributed by atoms with Gasteiger partial charge in [-0.3, -0.25) is 0 Å². The van der Waals surface area contributed by atoms with Crippen molar-refractivity contribution in [1.82, 2.24) is 14.8 Å². The highest BCUT2D eigenvalue weighted by Crippen LogP contribution is 2.31. The van der Waals surface area contributed by atoms with Crippen LogP contribution in [0.4, 0.5) is 13.2 Å². The smallest absolute Gasteiger partial charge is 0.453 e. The minimum Gasteiger partial charge on any atom is -0.497 e. The summed E-state index contributed by atoms with van der Waals surface area (Å²) in [6.45, 7) is 0. The Labute approximate surface area is 158 Å². The molecule has 0 amide bonds. The van der Waals surface area contributed by atoms with Crippen molar-refractivity contribution in [2.24, 2.45) is 0 Å². The van der Waals surface area contributed by atoms with Crippen molar-refractivity contribution in [2.75, 3.05) is 13.4 Å². The van der Waals surface area contributed by atoms with E-state index in [0.29, 0.717) is 5.75 Å². The molecule has 0 aliphatic carbocycles. The number of halogens is 3. The maximum atomic E-state index is 13.1. The Balaban J connectivity index is 2.02. The third-order valence-electron chi connectivity index (χ3n) is 3.61. The van der Waals surface area contributed by atoms with Crippen molar-refractivity contribution >= 4 is 9.84 Å². The Morgan fingerprint density at radius 3 is 2.04 bits per heavy atom. The van der Waals surface area contributed by atoms with Gasteiger partial charge in [0.1, 0.15) is 11.5 Å². The summed E-state index contributed by atoms with van der Waals surface area (Å²) >= 11 is 0. The molecule has 0 fully saturated rings. The maximum Gasteiger partial charge on any atom is 0.453 e. The molecule has 0 radical (unpaired) electrons. The second-order valence-corrected chi connectivity index (χ2v) is 7.69. The van der Waals surface area contributed by atoms with E-state index >= 15 is 0 Å².